The Morgan fingerprint density at radius 3 is 2.88 bits per heavy atom. The summed E-state index contributed by atoms with van der Waals surface area (Å²) in [5.74, 6) is 0.481. The van der Waals surface area contributed by atoms with Crippen molar-refractivity contribution in [3.63, 3.8) is 0 Å². The number of likely N-dealkylation sites (N-methyl/N-ethyl adjacent to an activating group) is 1. The summed E-state index contributed by atoms with van der Waals surface area (Å²) in [4.78, 5) is 13.8. The molecular weight excluding hydrogens is 242 g/mol. The summed E-state index contributed by atoms with van der Waals surface area (Å²) in [5.41, 5.74) is 5.76. The van der Waals surface area contributed by atoms with Crippen LogP contribution in [-0.4, -0.2) is 22.2 Å². The number of aromatic nitrogens is 1. The van der Waals surface area contributed by atoms with E-state index in [-0.39, 0.29) is 5.91 Å². The molecule has 0 aliphatic carbocycles. The van der Waals surface area contributed by atoms with Gasteiger partial charge >= 0.3 is 0 Å². The summed E-state index contributed by atoms with van der Waals surface area (Å²) in [6.45, 7) is 0. The fourth-order valence-corrected chi connectivity index (χ4v) is 2.40. The highest BCUT2D eigenvalue weighted by atomic mass is 32.2. The molecule has 1 aromatic rings. The highest BCUT2D eigenvalue weighted by Gasteiger charge is 2.29. The molecule has 2 heterocycles. The Hall–Kier alpha value is -1.40. The number of thiocarbonyl (C=S) groups is 1. The van der Waals surface area contributed by atoms with Gasteiger partial charge in [-0.3, -0.25) is 15.4 Å². The third-order valence-electron chi connectivity index (χ3n) is 2.17. The Bertz CT molecular complexity index is 499. The number of hydrogen-bond acceptors (Lipinski definition) is 4. The maximum absolute atomic E-state index is 11.7. The molecule has 1 fully saturated rings. The zero-order valence-electron chi connectivity index (χ0n) is 8.58. The van der Waals surface area contributed by atoms with Crippen LogP contribution >= 0.6 is 24.0 Å². The molecule has 0 atom stereocenters. The first-order valence-corrected chi connectivity index (χ1v) is 5.79. The van der Waals surface area contributed by atoms with E-state index in [0.717, 1.165) is 0 Å². The quantitative estimate of drug-likeness (QED) is 0.457. The number of nitrogens with two attached hydrogens (primary N) is 1. The van der Waals surface area contributed by atoms with Crippen LogP contribution < -0.4 is 10.3 Å². The molecule has 1 aliphatic rings. The third-order valence-corrected chi connectivity index (χ3v) is 3.64. The molecule has 1 aliphatic heterocycles. The minimum atomic E-state index is -0.0919. The normalized spacial score (nSPS) is 18.6. The monoisotopic (exact) mass is 252 g/mol. The topological polar surface area (TPSA) is 50.2 Å². The number of rotatable bonds is 1. The minimum Gasteiger partial charge on any atom is -0.296 e. The van der Waals surface area contributed by atoms with E-state index in [1.54, 1.807) is 30.1 Å². The Morgan fingerprint density at radius 1 is 1.56 bits per heavy atom. The summed E-state index contributed by atoms with van der Waals surface area (Å²) in [7, 11) is 1.66. The number of carbonyl (C=O) groups excluding carboxylic acids is 1. The molecule has 0 unspecified atom stereocenters. The molecule has 1 saturated heterocycles. The highest BCUT2D eigenvalue weighted by Crippen LogP contribution is 2.29. The largest absolute Gasteiger partial charge is 0.296 e. The lowest BCUT2D eigenvalue weighted by Crippen LogP contribution is -2.31. The van der Waals surface area contributed by atoms with E-state index in [4.69, 9.17) is 18.0 Å². The number of amides is 1. The van der Waals surface area contributed by atoms with Crippen LogP contribution in [0.3, 0.4) is 0 Å². The summed E-state index contributed by atoms with van der Waals surface area (Å²) >= 11 is 6.31. The van der Waals surface area contributed by atoms with Crippen LogP contribution in [0.25, 0.3) is 6.20 Å². The smallest absolute Gasteiger partial charge is 0.276 e. The van der Waals surface area contributed by atoms with E-state index in [0.29, 0.717) is 15.0 Å². The first-order chi connectivity index (χ1) is 7.59. The maximum Gasteiger partial charge on any atom is 0.276 e. The van der Waals surface area contributed by atoms with Gasteiger partial charge in [-0.1, -0.05) is 30.0 Å². The van der Waals surface area contributed by atoms with E-state index in [1.165, 1.54) is 16.7 Å². The Kier molecular flexibility index (Phi) is 2.93. The zero-order chi connectivity index (χ0) is 11.7. The van der Waals surface area contributed by atoms with Crippen molar-refractivity contribution >= 4 is 46.2 Å². The van der Waals surface area contributed by atoms with Gasteiger partial charge < -0.3 is 0 Å². The lowest BCUT2D eigenvalue weighted by atomic mass is 10.4. The number of pyridine rings is 1. The van der Waals surface area contributed by atoms with Crippen molar-refractivity contribution in [3.05, 3.63) is 29.3 Å². The second kappa shape index (κ2) is 4.23. The molecule has 2 rings (SSSR count). The lowest BCUT2D eigenvalue weighted by molar-refractivity contribution is -0.552. The minimum absolute atomic E-state index is 0.0919. The fraction of sp³-hybridized carbons (Fsp3) is 0.100. The van der Waals surface area contributed by atoms with Gasteiger partial charge in [0.05, 0.1) is 6.20 Å². The molecule has 0 bridgehead atoms. The molecule has 82 valence electrons. The van der Waals surface area contributed by atoms with Crippen molar-refractivity contribution in [2.45, 2.75) is 0 Å². The van der Waals surface area contributed by atoms with Gasteiger partial charge in [0.2, 0.25) is 0 Å². The molecule has 0 radical (unpaired) electrons. The lowest BCUT2D eigenvalue weighted by Gasteiger charge is -2.03. The van der Waals surface area contributed by atoms with Crippen LogP contribution in [0.2, 0.25) is 0 Å². The van der Waals surface area contributed by atoms with Crippen LogP contribution in [0.5, 0.6) is 0 Å². The second-order valence-electron chi connectivity index (χ2n) is 3.26. The van der Waals surface area contributed by atoms with Gasteiger partial charge in [-0.15, -0.1) is 0 Å². The Morgan fingerprint density at radius 2 is 2.31 bits per heavy atom. The van der Waals surface area contributed by atoms with Crippen molar-refractivity contribution in [1.82, 2.24) is 4.90 Å². The molecule has 1 amide bonds. The van der Waals surface area contributed by atoms with Crippen molar-refractivity contribution in [1.29, 1.82) is 0 Å². The molecule has 1 aromatic heterocycles. The first kappa shape index (κ1) is 11.1. The average Bonchev–Trinajstić information content (AvgIpc) is 2.50. The summed E-state index contributed by atoms with van der Waals surface area (Å²) < 4.78 is 2.26. The third kappa shape index (κ3) is 1.94. The predicted molar refractivity (Wildman–Crippen MR) is 68.3 cm³/mol. The molecule has 0 saturated carbocycles. The first-order valence-electron chi connectivity index (χ1n) is 4.57. The number of anilines is 1. The molecule has 0 spiro atoms. The molecule has 16 heavy (non-hydrogen) atoms. The van der Waals surface area contributed by atoms with E-state index in [9.17, 15) is 4.79 Å². The number of nitrogen functional groups attached to an aromatic ring is 1. The summed E-state index contributed by atoms with van der Waals surface area (Å²) in [6.07, 6.45) is 3.48. The molecule has 6 heteroatoms. The number of hydrogen-bond donors (Lipinski definition) is 1. The van der Waals surface area contributed by atoms with Gasteiger partial charge in [-0.25, -0.2) is 4.57 Å². The van der Waals surface area contributed by atoms with Crippen molar-refractivity contribution < 1.29 is 9.36 Å². The van der Waals surface area contributed by atoms with E-state index >= 15 is 0 Å². The van der Waals surface area contributed by atoms with Crippen LogP contribution in [0, 0.1) is 0 Å². The van der Waals surface area contributed by atoms with Crippen LogP contribution in [-0.2, 0) is 4.79 Å². The van der Waals surface area contributed by atoms with Crippen LogP contribution in [0.4, 0.5) is 5.82 Å². The van der Waals surface area contributed by atoms with E-state index < -0.39 is 0 Å². The van der Waals surface area contributed by atoms with Crippen LogP contribution in [0.1, 0.15) is 0 Å². The van der Waals surface area contributed by atoms with Gasteiger partial charge in [0.25, 0.3) is 11.7 Å². The molecule has 2 N–H and O–H groups in total. The highest BCUT2D eigenvalue weighted by molar-refractivity contribution is 8.26. The van der Waals surface area contributed by atoms with Gasteiger partial charge in [0.1, 0.15) is 15.4 Å². The van der Waals surface area contributed by atoms with Gasteiger partial charge in [0.15, 0.2) is 0 Å². The summed E-state index contributed by atoms with van der Waals surface area (Å²) in [6, 6.07) is 5.45. The van der Waals surface area contributed by atoms with Gasteiger partial charge in [-0.2, -0.15) is 0 Å². The average molecular weight is 252 g/mol. The predicted octanol–water partition coefficient (Wildman–Crippen LogP) is 0.845. The fourth-order valence-electron chi connectivity index (χ4n) is 1.25. The molecule has 4 nitrogen and oxygen atoms in total. The Labute approximate surface area is 103 Å². The summed E-state index contributed by atoms with van der Waals surface area (Å²) in [5, 5.41) is 0. The zero-order valence-corrected chi connectivity index (χ0v) is 10.2. The van der Waals surface area contributed by atoms with Crippen molar-refractivity contribution in [2.24, 2.45) is 0 Å². The maximum atomic E-state index is 11.7. The SMILES string of the molecule is CN1C(=O)C(=C[n+]2ccccc2N)SC1=S. The van der Waals surface area contributed by atoms with E-state index in [1.807, 2.05) is 12.1 Å². The van der Waals surface area contributed by atoms with Crippen LogP contribution in [0.15, 0.2) is 29.3 Å². The van der Waals surface area contributed by atoms with Crippen molar-refractivity contribution in [3.8, 4) is 0 Å². The van der Waals surface area contributed by atoms with Crippen molar-refractivity contribution in [2.75, 3.05) is 12.8 Å². The number of thioether (sulfide) groups is 1. The molecular formula is C10H10N3OS2+. The van der Waals surface area contributed by atoms with Gasteiger partial charge in [0, 0.05) is 13.1 Å². The molecule has 0 aromatic carbocycles. The second-order valence-corrected chi connectivity index (χ2v) is 4.93. The number of nitrogens with zero attached hydrogens (tertiary/aromatic N) is 2. The van der Waals surface area contributed by atoms with E-state index in [2.05, 4.69) is 0 Å². The number of carbonyl (C=O) groups is 1. The van der Waals surface area contributed by atoms with Gasteiger partial charge in [-0.05, 0) is 6.07 Å². The standard InChI is InChI=1S/C10H9N3OS2/c1-12-9(14)7(16-10(12)15)6-13-5-3-2-4-8(13)11/h2-6,11H,1H3/p+1. The Balaban J connectivity index is 2.37.